The Labute approximate surface area is 217 Å². The predicted molar refractivity (Wildman–Crippen MR) is 137 cm³/mol. The SMILES string of the molecule is C/C(=C\c1csc(C)[n+]1[O-])C1C[C@@H]2O[C@]2(C)CCC[C@H](C)[C@H](O)[C@@H](C)C(=O)C(C)(C)[C@@H](O)CC(=O)O1. The van der Waals surface area contributed by atoms with Gasteiger partial charge in [-0.25, -0.2) is 0 Å². The number of epoxide rings is 1. The normalized spacial score (nSPS) is 36.8. The van der Waals surface area contributed by atoms with Gasteiger partial charge in [-0.05, 0) is 38.2 Å². The van der Waals surface area contributed by atoms with E-state index in [1.807, 2.05) is 20.8 Å². The molecule has 2 aliphatic rings. The molecule has 3 heterocycles. The fourth-order valence-corrected chi connectivity index (χ4v) is 5.79. The van der Waals surface area contributed by atoms with Gasteiger partial charge in [0, 0.05) is 25.3 Å². The van der Waals surface area contributed by atoms with Crippen molar-refractivity contribution in [1.29, 1.82) is 0 Å². The van der Waals surface area contributed by atoms with Crippen molar-refractivity contribution in [3.8, 4) is 0 Å². The number of esters is 1. The molecule has 9 heteroatoms. The number of aryl methyl sites for hydroxylation is 1. The van der Waals surface area contributed by atoms with E-state index in [2.05, 4.69) is 0 Å². The maximum Gasteiger partial charge on any atom is 0.309 e. The average molecular weight is 524 g/mol. The largest absolute Gasteiger partial charge is 0.617 e. The molecule has 2 saturated heterocycles. The summed E-state index contributed by atoms with van der Waals surface area (Å²) in [6.45, 7) is 12.4. The van der Waals surface area contributed by atoms with Crippen molar-refractivity contribution >= 4 is 29.2 Å². The lowest BCUT2D eigenvalue weighted by Gasteiger charge is -2.34. The Hall–Kier alpha value is -1.81. The molecule has 0 saturated carbocycles. The first-order valence-electron chi connectivity index (χ1n) is 12.8. The van der Waals surface area contributed by atoms with E-state index in [9.17, 15) is 25.0 Å². The third-order valence-electron chi connectivity index (χ3n) is 8.16. The van der Waals surface area contributed by atoms with E-state index in [0.717, 1.165) is 24.0 Å². The third kappa shape index (κ3) is 6.18. The van der Waals surface area contributed by atoms with Crippen molar-refractivity contribution in [2.75, 3.05) is 0 Å². The fraction of sp³-hybridized carbons (Fsp3) is 0.741. The molecule has 0 aromatic carbocycles. The van der Waals surface area contributed by atoms with E-state index in [0.29, 0.717) is 22.7 Å². The average Bonchev–Trinajstić information content (AvgIpc) is 3.34. The Morgan fingerprint density at radius 2 is 1.92 bits per heavy atom. The van der Waals surface area contributed by atoms with Gasteiger partial charge in [0.15, 0.2) is 0 Å². The highest BCUT2D eigenvalue weighted by Gasteiger charge is 2.53. The molecule has 0 radical (unpaired) electrons. The van der Waals surface area contributed by atoms with E-state index in [1.165, 1.54) is 11.3 Å². The van der Waals surface area contributed by atoms with Crippen LogP contribution in [0.2, 0.25) is 0 Å². The van der Waals surface area contributed by atoms with E-state index < -0.39 is 35.6 Å². The number of ether oxygens (including phenoxy) is 2. The topological polar surface area (TPSA) is 123 Å². The van der Waals surface area contributed by atoms with Crippen LogP contribution in [0.5, 0.6) is 0 Å². The van der Waals surface area contributed by atoms with E-state index in [4.69, 9.17) is 9.47 Å². The summed E-state index contributed by atoms with van der Waals surface area (Å²) in [6.07, 6.45) is 1.29. The van der Waals surface area contributed by atoms with Crippen molar-refractivity contribution in [2.24, 2.45) is 17.3 Å². The van der Waals surface area contributed by atoms with Crippen LogP contribution in [0.4, 0.5) is 0 Å². The number of aromatic nitrogens is 1. The van der Waals surface area contributed by atoms with Crippen LogP contribution in [0.25, 0.3) is 6.08 Å². The standard InChI is InChI=1S/C27H41NO7S/c1-15-9-8-10-27(7)22(35-27)12-20(16(2)11-19-14-36-18(4)28(19)33)34-23(30)13-21(29)26(5,6)25(32)17(3)24(15)31/h11,14-15,17,20-22,24,29,31H,8-10,12-13H2,1-7H3/b16-11+/t15-,17+,20?,21-,22-,24-,27+/m0/s1. The first kappa shape index (κ1) is 28.8. The Morgan fingerprint density at radius 3 is 2.53 bits per heavy atom. The summed E-state index contributed by atoms with van der Waals surface area (Å²) in [5.41, 5.74) is -0.407. The molecular formula is C27H41NO7S. The van der Waals surface area contributed by atoms with Crippen LogP contribution in [0.15, 0.2) is 11.0 Å². The van der Waals surface area contributed by atoms with E-state index in [1.54, 1.807) is 39.2 Å². The van der Waals surface area contributed by atoms with Gasteiger partial charge in [0.2, 0.25) is 10.7 Å². The second-order valence-corrected chi connectivity index (χ2v) is 12.5. The molecule has 36 heavy (non-hydrogen) atoms. The molecule has 0 aliphatic carbocycles. The zero-order chi connectivity index (χ0) is 27.0. The summed E-state index contributed by atoms with van der Waals surface area (Å²) in [5, 5.41) is 36.4. The van der Waals surface area contributed by atoms with Crippen LogP contribution < -0.4 is 4.73 Å². The molecule has 3 rings (SSSR count). The Morgan fingerprint density at radius 1 is 1.25 bits per heavy atom. The van der Waals surface area contributed by atoms with Crippen LogP contribution in [0.3, 0.4) is 0 Å². The van der Waals surface area contributed by atoms with Crippen LogP contribution >= 0.6 is 11.3 Å². The predicted octanol–water partition coefficient (Wildman–Crippen LogP) is 3.72. The molecule has 8 nitrogen and oxygen atoms in total. The molecule has 0 bridgehead atoms. The molecule has 1 aromatic heterocycles. The molecule has 2 fully saturated rings. The van der Waals surface area contributed by atoms with Crippen molar-refractivity contribution in [3.63, 3.8) is 0 Å². The molecule has 1 aromatic rings. The van der Waals surface area contributed by atoms with Gasteiger partial charge < -0.3 is 24.9 Å². The number of thiazole rings is 1. The number of aliphatic hydroxyl groups excluding tert-OH is 2. The van der Waals surface area contributed by atoms with Gasteiger partial charge >= 0.3 is 5.97 Å². The quantitative estimate of drug-likeness (QED) is 0.262. The monoisotopic (exact) mass is 523 g/mol. The minimum Gasteiger partial charge on any atom is -0.617 e. The Balaban J connectivity index is 1.88. The van der Waals surface area contributed by atoms with Crippen molar-refractivity contribution in [1.82, 2.24) is 0 Å². The second-order valence-electron chi connectivity index (χ2n) is 11.5. The minimum absolute atomic E-state index is 0.0960. The van der Waals surface area contributed by atoms with E-state index in [-0.39, 0.29) is 29.8 Å². The lowest BCUT2D eigenvalue weighted by molar-refractivity contribution is -0.608. The minimum atomic E-state index is -1.27. The van der Waals surface area contributed by atoms with Gasteiger partial charge in [-0.3, -0.25) is 9.59 Å². The van der Waals surface area contributed by atoms with Crippen molar-refractivity contribution < 1.29 is 34.0 Å². The first-order chi connectivity index (χ1) is 16.7. The fourth-order valence-electron chi connectivity index (χ4n) is 5.14. The first-order valence-corrected chi connectivity index (χ1v) is 13.7. The Kier molecular flexibility index (Phi) is 8.70. The highest BCUT2D eigenvalue weighted by Crippen LogP contribution is 2.45. The molecule has 2 N–H and O–H groups in total. The summed E-state index contributed by atoms with van der Waals surface area (Å²) in [5.74, 6) is -1.69. The van der Waals surface area contributed by atoms with Gasteiger partial charge in [0.25, 0.3) is 0 Å². The van der Waals surface area contributed by atoms with Crippen molar-refractivity contribution in [2.45, 2.75) is 111 Å². The smallest absolute Gasteiger partial charge is 0.309 e. The molecule has 0 spiro atoms. The molecule has 0 amide bonds. The van der Waals surface area contributed by atoms with E-state index >= 15 is 0 Å². The van der Waals surface area contributed by atoms with Gasteiger partial charge in [0.1, 0.15) is 11.9 Å². The number of Topliss-reactive ketones (excluding diaryl/α,β-unsaturated/α-hetero) is 1. The van der Waals surface area contributed by atoms with Crippen molar-refractivity contribution in [3.05, 3.63) is 26.9 Å². The number of fused-ring (bicyclic) bond motifs is 1. The second kappa shape index (κ2) is 10.9. The molecule has 1 unspecified atom stereocenters. The maximum absolute atomic E-state index is 13.2. The van der Waals surface area contributed by atoms with Crippen LogP contribution in [-0.4, -0.2) is 52.0 Å². The van der Waals surface area contributed by atoms with Crippen LogP contribution in [0, 0.1) is 29.4 Å². The summed E-state index contributed by atoms with van der Waals surface area (Å²) < 4.78 is 12.7. The third-order valence-corrected chi connectivity index (χ3v) is 9.03. The number of rotatable bonds is 2. The number of carbonyl (C=O) groups is 2. The number of hydrogen-bond acceptors (Lipinski definition) is 8. The molecule has 202 valence electrons. The lowest BCUT2D eigenvalue weighted by atomic mass is 9.73. The lowest BCUT2D eigenvalue weighted by Crippen LogP contribution is -2.45. The summed E-state index contributed by atoms with van der Waals surface area (Å²) in [4.78, 5) is 26.2. The highest BCUT2D eigenvalue weighted by atomic mass is 32.1. The number of cyclic esters (lactones) is 1. The van der Waals surface area contributed by atoms with Crippen LogP contribution in [-0.2, 0) is 19.1 Å². The number of hydrogen-bond donors (Lipinski definition) is 2. The summed E-state index contributed by atoms with van der Waals surface area (Å²) >= 11 is 1.35. The van der Waals surface area contributed by atoms with Crippen LogP contribution in [0.1, 0.15) is 84.3 Å². The highest BCUT2D eigenvalue weighted by molar-refractivity contribution is 7.09. The number of aliphatic hydroxyl groups is 2. The molecule has 2 aliphatic heterocycles. The number of carbonyl (C=O) groups excluding carboxylic acids is 2. The van der Waals surface area contributed by atoms with Gasteiger partial charge in [-0.2, -0.15) is 4.73 Å². The summed E-state index contributed by atoms with van der Waals surface area (Å²) in [6, 6.07) is 0. The summed E-state index contributed by atoms with van der Waals surface area (Å²) in [7, 11) is 0. The number of ketones is 1. The zero-order valence-electron chi connectivity index (χ0n) is 22.4. The molecule has 7 atom stereocenters. The maximum atomic E-state index is 13.2. The Bertz CT molecular complexity index is 1000. The number of nitrogens with zero attached hydrogens (tertiary/aromatic N) is 1. The van der Waals surface area contributed by atoms with Gasteiger partial charge in [-0.15, -0.1) is 0 Å². The zero-order valence-corrected chi connectivity index (χ0v) is 23.3. The van der Waals surface area contributed by atoms with Gasteiger partial charge in [-0.1, -0.05) is 45.5 Å². The van der Waals surface area contributed by atoms with Gasteiger partial charge in [0.05, 0.1) is 41.1 Å². The molecular weight excluding hydrogens is 482 g/mol.